The van der Waals surface area contributed by atoms with Gasteiger partial charge in [-0.15, -0.1) is 0 Å². The van der Waals surface area contributed by atoms with Crippen molar-refractivity contribution in [3.63, 3.8) is 0 Å². The van der Waals surface area contributed by atoms with Crippen LogP contribution in [0.4, 0.5) is 5.82 Å². The van der Waals surface area contributed by atoms with E-state index in [9.17, 15) is 0 Å². The van der Waals surface area contributed by atoms with Gasteiger partial charge in [0.05, 0.1) is 0 Å². The van der Waals surface area contributed by atoms with E-state index in [0.717, 1.165) is 18.3 Å². The molecule has 0 saturated heterocycles. The molecular weight excluding hydrogens is 254 g/mol. The monoisotopic (exact) mass is 277 g/mol. The first-order valence-electron chi connectivity index (χ1n) is 7.21. The van der Waals surface area contributed by atoms with Crippen molar-refractivity contribution in [2.75, 3.05) is 11.9 Å². The first-order valence-corrected chi connectivity index (χ1v) is 7.62. The third kappa shape index (κ3) is 4.78. The fourth-order valence-corrected chi connectivity index (χ4v) is 2.91. The van der Waals surface area contributed by atoms with Gasteiger partial charge in [-0.25, -0.2) is 4.98 Å². The van der Waals surface area contributed by atoms with E-state index in [1.807, 2.05) is 18.2 Å². The lowest BCUT2D eigenvalue weighted by Crippen LogP contribution is -2.35. The normalized spacial score (nSPS) is 17.7. The van der Waals surface area contributed by atoms with Crippen LogP contribution < -0.4 is 10.6 Å². The number of thiocarbonyl (C=S) groups is 1. The minimum absolute atomic E-state index is 0.668. The number of aromatic nitrogens is 1. The Morgan fingerprint density at radius 3 is 2.84 bits per heavy atom. The summed E-state index contributed by atoms with van der Waals surface area (Å²) >= 11 is 5.29. The number of pyridine rings is 1. The predicted octanol–water partition coefficient (Wildman–Crippen LogP) is 3.58. The van der Waals surface area contributed by atoms with Gasteiger partial charge >= 0.3 is 0 Å². The number of nitrogens with zero attached hydrogens (tertiary/aromatic N) is 1. The topological polar surface area (TPSA) is 37.0 Å². The van der Waals surface area contributed by atoms with Crippen molar-refractivity contribution >= 4 is 23.1 Å². The molecule has 0 unspecified atom stereocenters. The van der Waals surface area contributed by atoms with Crippen molar-refractivity contribution in [2.45, 2.75) is 39.0 Å². The quantitative estimate of drug-likeness (QED) is 0.825. The van der Waals surface area contributed by atoms with Crippen LogP contribution in [0.3, 0.4) is 0 Å². The molecule has 1 fully saturated rings. The third-order valence-electron chi connectivity index (χ3n) is 3.95. The van der Waals surface area contributed by atoms with Crippen LogP contribution in [0, 0.1) is 11.8 Å². The van der Waals surface area contributed by atoms with E-state index >= 15 is 0 Å². The van der Waals surface area contributed by atoms with Gasteiger partial charge in [-0.3, -0.25) is 0 Å². The summed E-state index contributed by atoms with van der Waals surface area (Å²) in [6.07, 6.45) is 8.72. The van der Waals surface area contributed by atoms with Gasteiger partial charge in [-0.1, -0.05) is 45.1 Å². The van der Waals surface area contributed by atoms with Crippen LogP contribution in [0.1, 0.15) is 39.0 Å². The van der Waals surface area contributed by atoms with Crippen LogP contribution in [0.5, 0.6) is 0 Å². The molecule has 0 radical (unpaired) electrons. The molecule has 1 heterocycles. The summed E-state index contributed by atoms with van der Waals surface area (Å²) in [6.45, 7) is 3.27. The Kier molecular flexibility index (Phi) is 5.58. The Bertz CT molecular complexity index is 388. The minimum atomic E-state index is 0.668. The number of rotatable bonds is 4. The first-order chi connectivity index (χ1) is 9.25. The highest BCUT2D eigenvalue weighted by molar-refractivity contribution is 7.80. The predicted molar refractivity (Wildman–Crippen MR) is 84.2 cm³/mol. The fourth-order valence-electron chi connectivity index (χ4n) is 2.72. The molecule has 2 rings (SSSR count). The van der Waals surface area contributed by atoms with Crippen LogP contribution in [0.15, 0.2) is 24.4 Å². The molecule has 0 aromatic carbocycles. The lowest BCUT2D eigenvalue weighted by atomic mass is 9.81. The largest absolute Gasteiger partial charge is 0.362 e. The van der Waals surface area contributed by atoms with Gasteiger partial charge in [0.2, 0.25) is 0 Å². The molecule has 1 aromatic rings. The molecular formula is C15H23N3S. The molecule has 1 aromatic heterocycles. The highest BCUT2D eigenvalue weighted by Gasteiger charge is 2.19. The van der Waals surface area contributed by atoms with Crippen molar-refractivity contribution < 1.29 is 0 Å². The Balaban J connectivity index is 1.71. The second-order valence-corrected chi connectivity index (χ2v) is 5.83. The average Bonchev–Trinajstić information content (AvgIpc) is 2.47. The zero-order chi connectivity index (χ0) is 13.5. The van der Waals surface area contributed by atoms with Gasteiger partial charge < -0.3 is 10.6 Å². The molecule has 1 aliphatic carbocycles. The lowest BCUT2D eigenvalue weighted by molar-refractivity contribution is 0.264. The Hall–Kier alpha value is -1.16. The number of nitrogens with one attached hydrogen (secondary N) is 2. The molecule has 0 spiro atoms. The summed E-state index contributed by atoms with van der Waals surface area (Å²) in [5.41, 5.74) is 0. The molecule has 19 heavy (non-hydrogen) atoms. The highest BCUT2D eigenvalue weighted by Crippen LogP contribution is 2.29. The van der Waals surface area contributed by atoms with E-state index in [2.05, 4.69) is 22.5 Å². The molecule has 1 saturated carbocycles. The molecule has 1 atom stereocenters. The van der Waals surface area contributed by atoms with Gasteiger partial charge in [0.1, 0.15) is 5.82 Å². The van der Waals surface area contributed by atoms with Crippen LogP contribution in [-0.2, 0) is 0 Å². The highest BCUT2D eigenvalue weighted by atomic mass is 32.1. The van der Waals surface area contributed by atoms with Gasteiger partial charge in [0, 0.05) is 12.7 Å². The maximum absolute atomic E-state index is 5.29. The maximum atomic E-state index is 5.29. The molecule has 3 nitrogen and oxygen atoms in total. The van der Waals surface area contributed by atoms with E-state index in [1.54, 1.807) is 6.20 Å². The molecule has 0 bridgehead atoms. The third-order valence-corrected chi connectivity index (χ3v) is 4.19. The summed E-state index contributed by atoms with van der Waals surface area (Å²) in [5, 5.41) is 7.09. The molecule has 104 valence electrons. The average molecular weight is 277 g/mol. The molecule has 0 aliphatic heterocycles. The maximum Gasteiger partial charge on any atom is 0.171 e. The van der Waals surface area contributed by atoms with E-state index in [0.29, 0.717) is 11.0 Å². The number of hydrogen-bond acceptors (Lipinski definition) is 2. The van der Waals surface area contributed by atoms with Crippen molar-refractivity contribution in [3.8, 4) is 0 Å². The number of hydrogen-bond donors (Lipinski definition) is 2. The van der Waals surface area contributed by atoms with E-state index in [-0.39, 0.29) is 0 Å². The van der Waals surface area contributed by atoms with Crippen molar-refractivity contribution in [3.05, 3.63) is 24.4 Å². The van der Waals surface area contributed by atoms with E-state index in [4.69, 9.17) is 12.2 Å². The van der Waals surface area contributed by atoms with E-state index < -0.39 is 0 Å². The van der Waals surface area contributed by atoms with Crippen LogP contribution in [0.2, 0.25) is 0 Å². The summed E-state index contributed by atoms with van der Waals surface area (Å²) < 4.78 is 0. The van der Waals surface area contributed by atoms with Crippen LogP contribution in [0.25, 0.3) is 0 Å². The Morgan fingerprint density at radius 1 is 1.37 bits per heavy atom. The van der Waals surface area contributed by atoms with Gasteiger partial charge in [0.15, 0.2) is 5.11 Å². The lowest BCUT2D eigenvalue weighted by Gasteiger charge is -2.28. The van der Waals surface area contributed by atoms with Crippen molar-refractivity contribution in [2.24, 2.45) is 11.8 Å². The molecule has 1 aliphatic rings. The van der Waals surface area contributed by atoms with E-state index in [1.165, 1.54) is 32.1 Å². The molecule has 4 heteroatoms. The van der Waals surface area contributed by atoms with Crippen LogP contribution in [-0.4, -0.2) is 16.6 Å². The zero-order valence-electron chi connectivity index (χ0n) is 11.6. The Morgan fingerprint density at radius 2 is 2.16 bits per heavy atom. The summed E-state index contributed by atoms with van der Waals surface area (Å²) in [5.74, 6) is 2.34. The molecule has 2 N–H and O–H groups in total. The standard InChI is InChI=1S/C15H23N3S/c1-12(13-7-3-2-4-8-13)11-17-15(19)18-14-9-5-6-10-16-14/h5-6,9-10,12-13H,2-4,7-8,11H2,1H3,(H2,16,17,18,19)/t12-/m1/s1. The second kappa shape index (κ2) is 7.43. The van der Waals surface area contributed by atoms with Crippen molar-refractivity contribution in [1.82, 2.24) is 10.3 Å². The van der Waals surface area contributed by atoms with Crippen LogP contribution >= 0.6 is 12.2 Å². The summed E-state index contributed by atoms with van der Waals surface area (Å²) in [4.78, 5) is 4.20. The van der Waals surface area contributed by atoms with Crippen molar-refractivity contribution in [1.29, 1.82) is 0 Å². The van der Waals surface area contributed by atoms with Gasteiger partial charge in [0.25, 0.3) is 0 Å². The second-order valence-electron chi connectivity index (χ2n) is 5.43. The number of anilines is 1. The minimum Gasteiger partial charge on any atom is -0.362 e. The summed E-state index contributed by atoms with van der Waals surface area (Å²) in [6, 6.07) is 5.76. The van der Waals surface area contributed by atoms with Gasteiger partial charge in [-0.2, -0.15) is 0 Å². The van der Waals surface area contributed by atoms with Gasteiger partial charge in [-0.05, 0) is 36.2 Å². The zero-order valence-corrected chi connectivity index (χ0v) is 12.4. The summed E-state index contributed by atoms with van der Waals surface area (Å²) in [7, 11) is 0. The smallest absolute Gasteiger partial charge is 0.171 e. The Labute approximate surface area is 121 Å². The SMILES string of the molecule is C[C@H](CNC(=S)Nc1ccccn1)C1CCCCC1. The molecule has 0 amide bonds. The first kappa shape index (κ1) is 14.3. The fraction of sp³-hybridized carbons (Fsp3) is 0.600.